The van der Waals surface area contributed by atoms with E-state index in [-0.39, 0.29) is 18.1 Å². The van der Waals surface area contributed by atoms with Gasteiger partial charge >= 0.3 is 0 Å². The predicted molar refractivity (Wildman–Crippen MR) is 98.9 cm³/mol. The van der Waals surface area contributed by atoms with E-state index in [2.05, 4.69) is 15.3 Å². The second kappa shape index (κ2) is 6.48. The molecule has 2 heterocycles. The van der Waals surface area contributed by atoms with Crippen molar-refractivity contribution >= 4 is 33.5 Å². The number of amides is 1. The van der Waals surface area contributed by atoms with Crippen LogP contribution in [0, 0.1) is 5.82 Å². The van der Waals surface area contributed by atoms with Gasteiger partial charge in [0.15, 0.2) is 5.82 Å². The van der Waals surface area contributed by atoms with E-state index in [0.29, 0.717) is 11.4 Å². The standard InChI is InChI=1S/C20H16FN3O2/c1-26-14-5-6-15-16-7-8-22-20(19(16)23-17(15)11-14)24-18(25)10-12-3-2-4-13(21)9-12/h2-9,11,23H,10H2,1H3,(H,22,24,25). The first-order chi connectivity index (χ1) is 12.6. The van der Waals surface area contributed by atoms with Gasteiger partial charge in [0.05, 0.1) is 24.6 Å². The summed E-state index contributed by atoms with van der Waals surface area (Å²) >= 11 is 0. The van der Waals surface area contributed by atoms with E-state index < -0.39 is 0 Å². The second-order valence-corrected chi connectivity index (χ2v) is 5.97. The van der Waals surface area contributed by atoms with Gasteiger partial charge in [0.25, 0.3) is 0 Å². The third-order valence-corrected chi connectivity index (χ3v) is 4.24. The number of hydrogen-bond donors (Lipinski definition) is 2. The first kappa shape index (κ1) is 16.1. The molecule has 0 atom stereocenters. The Kier molecular flexibility index (Phi) is 4.01. The highest BCUT2D eigenvalue weighted by Gasteiger charge is 2.12. The first-order valence-corrected chi connectivity index (χ1v) is 8.13. The van der Waals surface area contributed by atoms with Gasteiger partial charge in [-0.3, -0.25) is 4.79 Å². The summed E-state index contributed by atoms with van der Waals surface area (Å²) in [6.45, 7) is 0. The molecule has 26 heavy (non-hydrogen) atoms. The summed E-state index contributed by atoms with van der Waals surface area (Å²) in [5, 5.41) is 4.78. The van der Waals surface area contributed by atoms with E-state index >= 15 is 0 Å². The van der Waals surface area contributed by atoms with Crippen molar-refractivity contribution in [1.82, 2.24) is 9.97 Å². The molecule has 0 saturated heterocycles. The molecule has 0 spiro atoms. The van der Waals surface area contributed by atoms with E-state index in [4.69, 9.17) is 4.74 Å². The summed E-state index contributed by atoms with van der Waals surface area (Å²) in [7, 11) is 1.61. The van der Waals surface area contributed by atoms with Crippen LogP contribution < -0.4 is 10.1 Å². The Morgan fingerprint density at radius 1 is 1.19 bits per heavy atom. The maximum Gasteiger partial charge on any atom is 0.230 e. The minimum Gasteiger partial charge on any atom is -0.497 e. The van der Waals surface area contributed by atoms with E-state index in [9.17, 15) is 9.18 Å². The second-order valence-electron chi connectivity index (χ2n) is 5.97. The Hall–Kier alpha value is -3.41. The van der Waals surface area contributed by atoms with Crippen LogP contribution in [0.15, 0.2) is 54.7 Å². The molecule has 0 bridgehead atoms. The summed E-state index contributed by atoms with van der Waals surface area (Å²) < 4.78 is 18.5. The lowest BCUT2D eigenvalue weighted by Crippen LogP contribution is -2.15. The van der Waals surface area contributed by atoms with Crippen molar-refractivity contribution in [1.29, 1.82) is 0 Å². The van der Waals surface area contributed by atoms with Gasteiger partial charge in [0.2, 0.25) is 5.91 Å². The lowest BCUT2D eigenvalue weighted by atomic mass is 10.1. The highest BCUT2D eigenvalue weighted by atomic mass is 19.1. The van der Waals surface area contributed by atoms with Crippen molar-refractivity contribution in [2.45, 2.75) is 6.42 Å². The van der Waals surface area contributed by atoms with Gasteiger partial charge in [-0.05, 0) is 35.9 Å². The molecule has 0 saturated carbocycles. The van der Waals surface area contributed by atoms with Crippen LogP contribution in [0.25, 0.3) is 21.8 Å². The number of nitrogens with one attached hydrogen (secondary N) is 2. The number of anilines is 1. The molecule has 0 aliphatic heterocycles. The maximum absolute atomic E-state index is 13.3. The Morgan fingerprint density at radius 3 is 2.88 bits per heavy atom. The average Bonchev–Trinajstić information content (AvgIpc) is 3.00. The molecule has 4 rings (SSSR count). The fourth-order valence-electron chi connectivity index (χ4n) is 3.04. The fourth-order valence-corrected chi connectivity index (χ4v) is 3.04. The molecule has 0 unspecified atom stereocenters. The van der Waals surface area contributed by atoms with Gasteiger partial charge in [-0.15, -0.1) is 0 Å². The Labute approximate surface area is 148 Å². The molecule has 0 aliphatic carbocycles. The number of benzene rings is 2. The Bertz CT molecular complexity index is 1120. The van der Waals surface area contributed by atoms with Crippen LogP contribution in [0.5, 0.6) is 5.75 Å². The Balaban J connectivity index is 1.66. The number of nitrogens with zero attached hydrogens (tertiary/aromatic N) is 1. The zero-order chi connectivity index (χ0) is 18.1. The van der Waals surface area contributed by atoms with Crippen LogP contribution in [0.4, 0.5) is 10.2 Å². The van der Waals surface area contributed by atoms with Gasteiger partial charge in [0.1, 0.15) is 11.6 Å². The topological polar surface area (TPSA) is 67.0 Å². The van der Waals surface area contributed by atoms with Crippen molar-refractivity contribution in [2.75, 3.05) is 12.4 Å². The minimum absolute atomic E-state index is 0.0733. The van der Waals surface area contributed by atoms with Gasteiger partial charge in [-0.25, -0.2) is 9.37 Å². The van der Waals surface area contributed by atoms with Crippen molar-refractivity contribution in [3.63, 3.8) is 0 Å². The van der Waals surface area contributed by atoms with E-state index in [0.717, 1.165) is 27.6 Å². The lowest BCUT2D eigenvalue weighted by Gasteiger charge is -2.06. The molecule has 130 valence electrons. The molecule has 6 heteroatoms. The van der Waals surface area contributed by atoms with Gasteiger partial charge < -0.3 is 15.0 Å². The van der Waals surface area contributed by atoms with Gasteiger partial charge in [-0.1, -0.05) is 12.1 Å². The van der Waals surface area contributed by atoms with E-state index in [1.807, 2.05) is 24.3 Å². The highest BCUT2D eigenvalue weighted by molar-refractivity contribution is 6.12. The number of carbonyl (C=O) groups excluding carboxylic acids is 1. The number of carbonyl (C=O) groups is 1. The summed E-state index contributed by atoms with van der Waals surface area (Å²) in [4.78, 5) is 19.9. The molecular formula is C20H16FN3O2. The van der Waals surface area contributed by atoms with Gasteiger partial charge in [0, 0.05) is 23.0 Å². The summed E-state index contributed by atoms with van der Waals surface area (Å²) in [5.41, 5.74) is 2.24. The zero-order valence-corrected chi connectivity index (χ0v) is 14.0. The fraction of sp³-hybridized carbons (Fsp3) is 0.100. The monoisotopic (exact) mass is 349 g/mol. The number of ether oxygens (including phenoxy) is 1. The van der Waals surface area contributed by atoms with Crippen LogP contribution in [-0.2, 0) is 11.2 Å². The van der Waals surface area contributed by atoms with Crippen LogP contribution >= 0.6 is 0 Å². The average molecular weight is 349 g/mol. The number of methoxy groups -OCH3 is 1. The normalized spacial score (nSPS) is 11.0. The molecule has 2 N–H and O–H groups in total. The lowest BCUT2D eigenvalue weighted by molar-refractivity contribution is -0.115. The number of fused-ring (bicyclic) bond motifs is 3. The molecule has 5 nitrogen and oxygen atoms in total. The third kappa shape index (κ3) is 2.97. The van der Waals surface area contributed by atoms with E-state index in [1.54, 1.807) is 25.4 Å². The number of hydrogen-bond acceptors (Lipinski definition) is 3. The predicted octanol–water partition coefficient (Wildman–Crippen LogP) is 4.05. The molecule has 0 fully saturated rings. The maximum atomic E-state index is 13.3. The summed E-state index contributed by atoms with van der Waals surface area (Å²) in [6, 6.07) is 13.6. The van der Waals surface area contributed by atoms with Crippen LogP contribution in [-0.4, -0.2) is 23.0 Å². The van der Waals surface area contributed by atoms with Crippen molar-refractivity contribution < 1.29 is 13.9 Å². The van der Waals surface area contributed by atoms with Crippen molar-refractivity contribution in [3.05, 3.63) is 66.1 Å². The minimum atomic E-state index is -0.361. The highest BCUT2D eigenvalue weighted by Crippen LogP contribution is 2.31. The molecular weight excluding hydrogens is 333 g/mol. The van der Waals surface area contributed by atoms with Crippen LogP contribution in [0.1, 0.15) is 5.56 Å². The number of pyridine rings is 1. The third-order valence-electron chi connectivity index (χ3n) is 4.24. The molecule has 4 aromatic rings. The van der Waals surface area contributed by atoms with Crippen LogP contribution in [0.3, 0.4) is 0 Å². The molecule has 2 aromatic heterocycles. The molecule has 0 aliphatic rings. The summed E-state index contributed by atoms with van der Waals surface area (Å²) in [5.74, 6) is 0.569. The number of H-pyrrole nitrogens is 1. The van der Waals surface area contributed by atoms with Crippen molar-refractivity contribution in [3.8, 4) is 5.75 Å². The van der Waals surface area contributed by atoms with Crippen molar-refractivity contribution in [2.24, 2.45) is 0 Å². The number of aromatic amines is 1. The van der Waals surface area contributed by atoms with Gasteiger partial charge in [-0.2, -0.15) is 0 Å². The number of aromatic nitrogens is 2. The van der Waals surface area contributed by atoms with E-state index in [1.165, 1.54) is 12.1 Å². The zero-order valence-electron chi connectivity index (χ0n) is 14.0. The Morgan fingerprint density at radius 2 is 2.08 bits per heavy atom. The number of rotatable bonds is 4. The smallest absolute Gasteiger partial charge is 0.230 e. The molecule has 0 radical (unpaired) electrons. The molecule has 2 aromatic carbocycles. The largest absolute Gasteiger partial charge is 0.497 e. The summed E-state index contributed by atoms with van der Waals surface area (Å²) in [6.07, 6.45) is 1.72. The first-order valence-electron chi connectivity index (χ1n) is 8.13. The SMILES string of the molecule is COc1ccc2c(c1)[nH]c1c(NC(=O)Cc3cccc(F)c3)nccc12. The quantitative estimate of drug-likeness (QED) is 0.584. The number of halogens is 1. The molecule has 1 amide bonds. The van der Waals surface area contributed by atoms with Crippen LogP contribution in [0.2, 0.25) is 0 Å².